The van der Waals surface area contributed by atoms with Gasteiger partial charge in [-0.2, -0.15) is 4.98 Å². The summed E-state index contributed by atoms with van der Waals surface area (Å²) in [6.45, 7) is 2.84. The van der Waals surface area contributed by atoms with Crippen molar-refractivity contribution in [2.24, 2.45) is 0 Å². The fourth-order valence-corrected chi connectivity index (χ4v) is 3.79. The van der Waals surface area contributed by atoms with Crippen molar-refractivity contribution in [2.75, 3.05) is 26.7 Å². The molecule has 2 aromatic rings. The minimum atomic E-state index is 0. The summed E-state index contributed by atoms with van der Waals surface area (Å²) >= 11 is 12.3. The Balaban J connectivity index is 0.00000169. The Morgan fingerprint density at radius 2 is 2.12 bits per heavy atom. The van der Waals surface area contributed by atoms with Crippen LogP contribution in [0.1, 0.15) is 41.6 Å². The lowest BCUT2D eigenvalue weighted by Gasteiger charge is -2.30. The van der Waals surface area contributed by atoms with Crippen molar-refractivity contribution < 1.29 is 4.52 Å². The van der Waals surface area contributed by atoms with Crippen LogP contribution in [0.5, 0.6) is 0 Å². The summed E-state index contributed by atoms with van der Waals surface area (Å²) in [7, 11) is 2.09. The Morgan fingerprint density at radius 3 is 2.88 bits per heavy atom. The summed E-state index contributed by atoms with van der Waals surface area (Å²) in [5, 5.41) is 8.93. The highest BCUT2D eigenvalue weighted by Gasteiger charge is 2.45. The Morgan fingerprint density at radius 1 is 1.29 bits per heavy atom. The molecule has 0 radical (unpaired) electrons. The first-order valence-electron chi connectivity index (χ1n) is 7.83. The second kappa shape index (κ2) is 7.18. The summed E-state index contributed by atoms with van der Waals surface area (Å²) in [6.07, 6.45) is 0.988. The third kappa shape index (κ3) is 3.41. The molecule has 130 valence electrons. The minimum Gasteiger partial charge on any atom is -0.339 e. The zero-order valence-corrected chi connectivity index (χ0v) is 15.5. The molecule has 1 aromatic carbocycles. The zero-order chi connectivity index (χ0) is 16.0. The van der Waals surface area contributed by atoms with Gasteiger partial charge in [0.1, 0.15) is 0 Å². The molecule has 24 heavy (non-hydrogen) atoms. The van der Waals surface area contributed by atoms with E-state index < -0.39 is 0 Å². The van der Waals surface area contributed by atoms with E-state index in [-0.39, 0.29) is 24.4 Å². The van der Waals surface area contributed by atoms with Gasteiger partial charge in [-0.05, 0) is 37.1 Å². The summed E-state index contributed by atoms with van der Waals surface area (Å²) in [5.74, 6) is 2.09. The standard InChI is InChI=1S/C16H18Cl2N4O.ClH/c1-22-5-4-19-8-14(22)15-20-16(23-21-15)12-7-11(12)10-3-2-9(17)6-13(10)18;/h2-3,6,11-12,14,19H,4-5,7-8H2,1H3;1H. The van der Waals surface area contributed by atoms with E-state index in [2.05, 4.69) is 27.4 Å². The van der Waals surface area contributed by atoms with Crippen molar-refractivity contribution >= 4 is 35.6 Å². The Hall–Kier alpha value is -0.850. The van der Waals surface area contributed by atoms with Crippen LogP contribution < -0.4 is 5.32 Å². The highest BCUT2D eigenvalue weighted by Crippen LogP contribution is 2.55. The first kappa shape index (κ1) is 18.0. The monoisotopic (exact) mass is 388 g/mol. The first-order chi connectivity index (χ1) is 11.1. The van der Waals surface area contributed by atoms with Crippen LogP contribution in [0, 0.1) is 0 Å². The molecule has 3 atom stereocenters. The van der Waals surface area contributed by atoms with E-state index in [0.717, 1.165) is 43.3 Å². The number of likely N-dealkylation sites (N-methyl/N-ethyl adjacent to an activating group) is 1. The second-order valence-corrected chi connectivity index (χ2v) is 7.15. The van der Waals surface area contributed by atoms with Crippen LogP contribution >= 0.6 is 35.6 Å². The molecule has 2 aliphatic rings. The average Bonchev–Trinajstić information content (AvgIpc) is 3.16. The average molecular weight is 390 g/mol. The van der Waals surface area contributed by atoms with Gasteiger partial charge in [0, 0.05) is 35.6 Å². The SMILES string of the molecule is CN1CCNCC1c1noc(C2CC2c2ccc(Cl)cc2Cl)n1.Cl. The van der Waals surface area contributed by atoms with E-state index in [1.54, 1.807) is 6.07 Å². The number of nitrogens with zero attached hydrogens (tertiary/aromatic N) is 3. The molecule has 1 saturated carbocycles. The fourth-order valence-electron chi connectivity index (χ4n) is 3.24. The van der Waals surface area contributed by atoms with Crippen LogP contribution in [-0.4, -0.2) is 41.7 Å². The maximum atomic E-state index is 6.30. The van der Waals surface area contributed by atoms with Crippen molar-refractivity contribution in [1.29, 1.82) is 0 Å². The lowest BCUT2D eigenvalue weighted by atomic mass is 10.1. The number of piperazine rings is 1. The molecule has 1 aliphatic heterocycles. The summed E-state index contributed by atoms with van der Waals surface area (Å²) < 4.78 is 5.52. The Labute approximate surface area is 157 Å². The van der Waals surface area contributed by atoms with E-state index in [9.17, 15) is 0 Å². The van der Waals surface area contributed by atoms with Crippen molar-refractivity contribution in [2.45, 2.75) is 24.3 Å². The molecule has 0 bridgehead atoms. The zero-order valence-electron chi connectivity index (χ0n) is 13.2. The van der Waals surface area contributed by atoms with Gasteiger partial charge >= 0.3 is 0 Å². The number of nitrogens with one attached hydrogen (secondary N) is 1. The van der Waals surface area contributed by atoms with E-state index in [4.69, 9.17) is 27.7 Å². The first-order valence-corrected chi connectivity index (χ1v) is 8.58. The lowest BCUT2D eigenvalue weighted by Crippen LogP contribution is -2.44. The maximum Gasteiger partial charge on any atom is 0.230 e. The molecule has 2 fully saturated rings. The van der Waals surface area contributed by atoms with Gasteiger partial charge in [0.15, 0.2) is 5.82 Å². The summed E-state index contributed by atoms with van der Waals surface area (Å²) in [5.41, 5.74) is 1.11. The predicted octanol–water partition coefficient (Wildman–Crippen LogP) is 3.65. The summed E-state index contributed by atoms with van der Waals surface area (Å²) in [6, 6.07) is 5.83. The van der Waals surface area contributed by atoms with E-state index in [1.807, 2.05) is 12.1 Å². The number of rotatable bonds is 3. The third-order valence-corrected chi connectivity index (χ3v) is 5.30. The van der Waals surface area contributed by atoms with Gasteiger partial charge in [0.05, 0.1) is 6.04 Å². The molecule has 3 unspecified atom stereocenters. The van der Waals surface area contributed by atoms with Crippen molar-refractivity contribution in [3.8, 4) is 0 Å². The minimum absolute atomic E-state index is 0. The molecule has 1 aliphatic carbocycles. The van der Waals surface area contributed by atoms with Gasteiger partial charge in [-0.25, -0.2) is 0 Å². The molecule has 4 rings (SSSR count). The Bertz CT molecular complexity index is 723. The molecule has 5 nitrogen and oxygen atoms in total. The molecule has 8 heteroatoms. The molecule has 1 aromatic heterocycles. The molecule has 0 amide bonds. The predicted molar refractivity (Wildman–Crippen MR) is 96.3 cm³/mol. The highest BCUT2D eigenvalue weighted by atomic mass is 35.5. The molecule has 1 saturated heterocycles. The number of benzene rings is 1. The van der Waals surface area contributed by atoms with Gasteiger partial charge < -0.3 is 9.84 Å². The topological polar surface area (TPSA) is 54.2 Å². The van der Waals surface area contributed by atoms with Crippen LogP contribution in [0.2, 0.25) is 10.0 Å². The van der Waals surface area contributed by atoms with Crippen molar-refractivity contribution in [3.05, 3.63) is 45.5 Å². The number of halogens is 3. The largest absolute Gasteiger partial charge is 0.339 e. The van der Waals surface area contributed by atoms with Crippen LogP contribution in [-0.2, 0) is 0 Å². The lowest BCUT2D eigenvalue weighted by molar-refractivity contribution is 0.190. The quantitative estimate of drug-likeness (QED) is 0.868. The van der Waals surface area contributed by atoms with Crippen LogP contribution in [0.3, 0.4) is 0 Å². The third-order valence-electron chi connectivity index (χ3n) is 4.74. The maximum absolute atomic E-state index is 6.30. The highest BCUT2D eigenvalue weighted by molar-refractivity contribution is 6.35. The van der Waals surface area contributed by atoms with Crippen molar-refractivity contribution in [1.82, 2.24) is 20.4 Å². The van der Waals surface area contributed by atoms with Crippen LogP contribution in [0.15, 0.2) is 22.7 Å². The van der Waals surface area contributed by atoms with Gasteiger partial charge in [-0.15, -0.1) is 12.4 Å². The van der Waals surface area contributed by atoms with Gasteiger partial charge in [0.2, 0.25) is 5.89 Å². The molecule has 2 heterocycles. The number of hydrogen-bond acceptors (Lipinski definition) is 5. The molecular weight excluding hydrogens is 371 g/mol. The van der Waals surface area contributed by atoms with E-state index >= 15 is 0 Å². The normalized spacial score (nSPS) is 26.9. The smallest absolute Gasteiger partial charge is 0.230 e. The second-order valence-electron chi connectivity index (χ2n) is 6.31. The molecule has 0 spiro atoms. The number of aromatic nitrogens is 2. The fraction of sp³-hybridized carbons (Fsp3) is 0.500. The molecular formula is C16H19Cl3N4O. The van der Waals surface area contributed by atoms with E-state index in [1.165, 1.54) is 0 Å². The van der Waals surface area contributed by atoms with Crippen LogP contribution in [0.4, 0.5) is 0 Å². The van der Waals surface area contributed by atoms with Crippen molar-refractivity contribution in [3.63, 3.8) is 0 Å². The number of hydrogen-bond donors (Lipinski definition) is 1. The van der Waals surface area contributed by atoms with Gasteiger partial charge in [-0.1, -0.05) is 34.4 Å². The van der Waals surface area contributed by atoms with Crippen LogP contribution in [0.25, 0.3) is 0 Å². The van der Waals surface area contributed by atoms with Gasteiger partial charge in [0.25, 0.3) is 0 Å². The molecule has 1 N–H and O–H groups in total. The van der Waals surface area contributed by atoms with Gasteiger partial charge in [-0.3, -0.25) is 4.90 Å². The van der Waals surface area contributed by atoms with E-state index in [0.29, 0.717) is 16.0 Å². The summed E-state index contributed by atoms with van der Waals surface area (Å²) in [4.78, 5) is 6.90. The Kier molecular flexibility index (Phi) is 5.37.